The number of piperazine rings is 1. The van der Waals surface area contributed by atoms with E-state index < -0.39 is 0 Å². The van der Waals surface area contributed by atoms with Gasteiger partial charge in [-0.3, -0.25) is 4.98 Å². The molecule has 29 heavy (non-hydrogen) atoms. The predicted molar refractivity (Wildman–Crippen MR) is 118 cm³/mol. The third-order valence-corrected chi connectivity index (χ3v) is 6.15. The van der Waals surface area contributed by atoms with Crippen molar-refractivity contribution in [1.29, 1.82) is 0 Å². The summed E-state index contributed by atoms with van der Waals surface area (Å²) in [6.45, 7) is 6.50. The van der Waals surface area contributed by atoms with Gasteiger partial charge in [0.1, 0.15) is 5.69 Å². The summed E-state index contributed by atoms with van der Waals surface area (Å²) in [5, 5.41) is 1.32. The highest BCUT2D eigenvalue weighted by molar-refractivity contribution is 5.85. The SMILES string of the molecule is Cc1[nH]c2ccccc2c1[C@H](c1ccccn1)[NH+]1CCN(c2ccccc2)CC1. The lowest BCUT2D eigenvalue weighted by Gasteiger charge is -2.37. The maximum atomic E-state index is 4.79. The Morgan fingerprint density at radius 3 is 2.38 bits per heavy atom. The van der Waals surface area contributed by atoms with Gasteiger partial charge in [-0.2, -0.15) is 0 Å². The van der Waals surface area contributed by atoms with Gasteiger partial charge in [0, 0.05) is 34.0 Å². The Hall–Kier alpha value is -3.11. The second-order valence-electron chi connectivity index (χ2n) is 7.88. The first-order valence-electron chi connectivity index (χ1n) is 10.4. The molecule has 4 nitrogen and oxygen atoms in total. The van der Waals surface area contributed by atoms with Crippen molar-refractivity contribution in [2.45, 2.75) is 13.0 Å². The van der Waals surface area contributed by atoms with Crippen LogP contribution in [0.1, 0.15) is 23.0 Å². The Morgan fingerprint density at radius 1 is 0.897 bits per heavy atom. The molecule has 0 unspecified atom stereocenters. The molecular weight excluding hydrogens is 356 g/mol. The third kappa shape index (κ3) is 3.40. The summed E-state index contributed by atoms with van der Waals surface area (Å²) < 4.78 is 0. The van der Waals surface area contributed by atoms with Crippen molar-refractivity contribution in [1.82, 2.24) is 9.97 Å². The highest BCUT2D eigenvalue weighted by Crippen LogP contribution is 2.30. The van der Waals surface area contributed by atoms with Crippen molar-refractivity contribution < 1.29 is 4.90 Å². The maximum absolute atomic E-state index is 4.79. The number of nitrogens with zero attached hydrogens (tertiary/aromatic N) is 2. The lowest BCUT2D eigenvalue weighted by molar-refractivity contribution is -0.926. The molecule has 3 heterocycles. The van der Waals surface area contributed by atoms with Crippen molar-refractivity contribution in [3.8, 4) is 0 Å². The van der Waals surface area contributed by atoms with E-state index in [0.29, 0.717) is 0 Å². The van der Waals surface area contributed by atoms with Crippen LogP contribution < -0.4 is 9.80 Å². The van der Waals surface area contributed by atoms with Crippen LogP contribution in [0.3, 0.4) is 0 Å². The Balaban J connectivity index is 1.50. The second-order valence-corrected chi connectivity index (χ2v) is 7.88. The van der Waals surface area contributed by atoms with Gasteiger partial charge in [-0.1, -0.05) is 42.5 Å². The molecule has 0 bridgehead atoms. The molecule has 0 aliphatic carbocycles. The van der Waals surface area contributed by atoms with Crippen LogP contribution in [-0.4, -0.2) is 36.1 Å². The van der Waals surface area contributed by atoms with Gasteiger partial charge in [-0.05, 0) is 37.3 Å². The predicted octanol–water partition coefficient (Wildman–Crippen LogP) is 3.37. The Bertz CT molecular complexity index is 1080. The zero-order valence-corrected chi connectivity index (χ0v) is 16.8. The van der Waals surface area contributed by atoms with E-state index in [9.17, 15) is 0 Å². The van der Waals surface area contributed by atoms with Crippen molar-refractivity contribution >= 4 is 16.6 Å². The first-order chi connectivity index (χ1) is 14.3. The zero-order chi connectivity index (χ0) is 19.6. The first-order valence-corrected chi connectivity index (χ1v) is 10.4. The van der Waals surface area contributed by atoms with Crippen molar-refractivity contribution in [3.63, 3.8) is 0 Å². The molecule has 2 N–H and O–H groups in total. The minimum Gasteiger partial charge on any atom is -0.360 e. The lowest BCUT2D eigenvalue weighted by Crippen LogP contribution is -3.15. The fourth-order valence-corrected chi connectivity index (χ4v) is 4.76. The number of anilines is 1. The summed E-state index contributed by atoms with van der Waals surface area (Å²) in [6.07, 6.45) is 1.92. The van der Waals surface area contributed by atoms with E-state index in [4.69, 9.17) is 4.98 Å². The molecule has 1 saturated heterocycles. The Kier molecular flexibility index (Phi) is 4.78. The number of pyridine rings is 1. The van der Waals surface area contributed by atoms with Gasteiger partial charge in [0.05, 0.1) is 26.2 Å². The molecule has 1 aliphatic rings. The molecule has 5 rings (SSSR count). The number of hydrogen-bond donors (Lipinski definition) is 2. The monoisotopic (exact) mass is 383 g/mol. The van der Waals surface area contributed by atoms with Gasteiger partial charge >= 0.3 is 0 Å². The molecule has 1 fully saturated rings. The molecule has 4 aromatic rings. The molecule has 146 valence electrons. The molecule has 2 aromatic carbocycles. The minimum atomic E-state index is 0.241. The fourth-order valence-electron chi connectivity index (χ4n) is 4.76. The average Bonchev–Trinajstić information content (AvgIpc) is 3.12. The summed E-state index contributed by atoms with van der Waals surface area (Å²) in [6, 6.07) is 25.9. The van der Waals surface area contributed by atoms with Crippen LogP contribution in [0.5, 0.6) is 0 Å². The summed E-state index contributed by atoms with van der Waals surface area (Å²) in [5.74, 6) is 0. The maximum Gasteiger partial charge on any atom is 0.158 e. The Morgan fingerprint density at radius 2 is 1.62 bits per heavy atom. The highest BCUT2D eigenvalue weighted by Gasteiger charge is 2.33. The van der Waals surface area contributed by atoms with Crippen LogP contribution in [-0.2, 0) is 0 Å². The molecule has 0 amide bonds. The van der Waals surface area contributed by atoms with Gasteiger partial charge in [0.2, 0.25) is 0 Å². The Labute approximate surface area is 171 Å². The normalized spacial score (nSPS) is 16.2. The standard InChI is InChI=1S/C25H26N4/c1-19-24(21-11-5-6-12-22(21)27-19)25(23-13-7-8-14-26-23)29-17-15-28(16-18-29)20-9-3-2-4-10-20/h2-14,25,27H,15-18H2,1H3/p+1/t25-/m0/s1. The number of quaternary nitrogens is 1. The van der Waals surface area contributed by atoms with Gasteiger partial charge in [0.25, 0.3) is 0 Å². The van der Waals surface area contributed by atoms with Crippen LogP contribution >= 0.6 is 0 Å². The molecule has 1 atom stereocenters. The molecule has 4 heteroatoms. The quantitative estimate of drug-likeness (QED) is 0.567. The number of aromatic nitrogens is 2. The molecule has 0 radical (unpaired) electrons. The van der Waals surface area contributed by atoms with Crippen LogP contribution in [0, 0.1) is 6.92 Å². The van der Waals surface area contributed by atoms with E-state index in [2.05, 4.69) is 83.5 Å². The third-order valence-electron chi connectivity index (χ3n) is 6.15. The van der Waals surface area contributed by atoms with E-state index in [1.54, 1.807) is 4.90 Å². The minimum absolute atomic E-state index is 0.241. The molecule has 0 saturated carbocycles. The molecule has 1 aliphatic heterocycles. The number of nitrogens with one attached hydrogen (secondary N) is 2. The van der Waals surface area contributed by atoms with Gasteiger partial charge < -0.3 is 14.8 Å². The number of aryl methyl sites for hydroxylation is 1. The van der Waals surface area contributed by atoms with Crippen LogP contribution in [0.2, 0.25) is 0 Å². The molecular formula is C25H27N4+. The van der Waals surface area contributed by atoms with Crippen LogP contribution in [0.4, 0.5) is 5.69 Å². The smallest absolute Gasteiger partial charge is 0.158 e. The molecule has 0 spiro atoms. The van der Waals surface area contributed by atoms with Gasteiger partial charge in [0.15, 0.2) is 6.04 Å². The largest absolute Gasteiger partial charge is 0.360 e. The summed E-state index contributed by atoms with van der Waals surface area (Å²) in [4.78, 5) is 12.5. The zero-order valence-electron chi connectivity index (χ0n) is 16.8. The highest BCUT2D eigenvalue weighted by atomic mass is 15.3. The topological polar surface area (TPSA) is 36.4 Å². The van der Waals surface area contributed by atoms with E-state index in [1.165, 1.54) is 27.8 Å². The van der Waals surface area contributed by atoms with Gasteiger partial charge in [-0.15, -0.1) is 0 Å². The summed E-state index contributed by atoms with van der Waals surface area (Å²) >= 11 is 0. The fraction of sp³-hybridized carbons (Fsp3) is 0.240. The second kappa shape index (κ2) is 7.72. The lowest BCUT2D eigenvalue weighted by atomic mass is 9.97. The number of H-pyrrole nitrogens is 1. The van der Waals surface area contributed by atoms with Crippen LogP contribution in [0.15, 0.2) is 79.0 Å². The van der Waals surface area contributed by atoms with Crippen molar-refractivity contribution in [2.75, 3.05) is 31.1 Å². The molecule has 2 aromatic heterocycles. The van der Waals surface area contributed by atoms with E-state index in [0.717, 1.165) is 31.9 Å². The first kappa shape index (κ1) is 18.0. The number of rotatable bonds is 4. The number of fused-ring (bicyclic) bond motifs is 1. The average molecular weight is 384 g/mol. The van der Waals surface area contributed by atoms with Crippen LogP contribution in [0.25, 0.3) is 10.9 Å². The van der Waals surface area contributed by atoms with Crippen molar-refractivity contribution in [2.24, 2.45) is 0 Å². The van der Waals surface area contributed by atoms with E-state index in [-0.39, 0.29) is 6.04 Å². The number of aromatic amines is 1. The summed E-state index contributed by atoms with van der Waals surface area (Å²) in [7, 11) is 0. The number of para-hydroxylation sites is 2. The number of benzene rings is 2. The summed E-state index contributed by atoms with van der Waals surface area (Å²) in [5.41, 5.74) is 6.33. The van der Waals surface area contributed by atoms with E-state index >= 15 is 0 Å². The van der Waals surface area contributed by atoms with Crippen molar-refractivity contribution in [3.05, 3.63) is 95.9 Å². The van der Waals surface area contributed by atoms with E-state index in [1.807, 2.05) is 12.3 Å². The number of hydrogen-bond acceptors (Lipinski definition) is 2. The van der Waals surface area contributed by atoms with Gasteiger partial charge in [-0.25, -0.2) is 0 Å².